The van der Waals surface area contributed by atoms with Gasteiger partial charge in [-0.1, -0.05) is 18.2 Å². The lowest BCUT2D eigenvalue weighted by molar-refractivity contribution is 0.181. The second kappa shape index (κ2) is 9.09. The molecule has 0 bridgehead atoms. The summed E-state index contributed by atoms with van der Waals surface area (Å²) < 4.78 is 33.7. The molecule has 0 saturated heterocycles. The van der Waals surface area contributed by atoms with Crippen molar-refractivity contribution < 1.29 is 18.6 Å². The molecule has 0 unspecified atom stereocenters. The summed E-state index contributed by atoms with van der Waals surface area (Å²) in [6.45, 7) is 1.85. The Morgan fingerprint density at radius 2 is 1.86 bits per heavy atom. The summed E-state index contributed by atoms with van der Waals surface area (Å²) >= 11 is 0. The maximum absolute atomic E-state index is 13.5. The average molecular weight is 487 g/mol. The highest BCUT2D eigenvalue weighted by Crippen LogP contribution is 2.31. The van der Waals surface area contributed by atoms with Gasteiger partial charge in [-0.15, -0.1) is 0 Å². The third-order valence-electron chi connectivity index (χ3n) is 6.24. The second-order valence-electron chi connectivity index (χ2n) is 8.63. The van der Waals surface area contributed by atoms with E-state index >= 15 is 0 Å². The van der Waals surface area contributed by atoms with Crippen molar-refractivity contribution in [2.75, 3.05) is 20.3 Å². The molecule has 0 atom stereocenters. The Labute approximate surface area is 205 Å². The third-order valence-corrected chi connectivity index (χ3v) is 6.24. The normalized spacial score (nSPS) is 13.3. The van der Waals surface area contributed by atoms with E-state index in [0.29, 0.717) is 47.8 Å². The van der Waals surface area contributed by atoms with Crippen molar-refractivity contribution >= 4 is 16.6 Å². The van der Waals surface area contributed by atoms with Gasteiger partial charge in [-0.25, -0.2) is 13.9 Å². The summed E-state index contributed by atoms with van der Waals surface area (Å²) in [6, 6.07) is 13.7. The number of pyridine rings is 1. The molecule has 182 valence electrons. The Balaban J connectivity index is 1.43. The zero-order valence-electron chi connectivity index (χ0n) is 19.6. The van der Waals surface area contributed by atoms with Crippen LogP contribution >= 0.6 is 0 Å². The summed E-state index contributed by atoms with van der Waals surface area (Å²) in [7, 11) is 1.59. The highest BCUT2D eigenvalue weighted by molar-refractivity contribution is 5.86. The second-order valence-corrected chi connectivity index (χ2v) is 8.63. The monoisotopic (exact) mass is 486 g/mol. The van der Waals surface area contributed by atoms with Crippen molar-refractivity contribution in [1.29, 1.82) is 0 Å². The SMILES string of the molecule is COCc1nn2c(ncc3c(=O)n(Cc4ccc5c(c4)OCCCO5)ccc32)c1-c1ccc(F)cc1. The fraction of sp³-hybridized carbons (Fsp3) is 0.222. The van der Waals surface area contributed by atoms with Gasteiger partial charge >= 0.3 is 0 Å². The zero-order chi connectivity index (χ0) is 24.6. The molecule has 0 radical (unpaired) electrons. The Morgan fingerprint density at radius 1 is 1.06 bits per heavy atom. The maximum Gasteiger partial charge on any atom is 0.261 e. The molecular formula is C27H23FN4O4. The summed E-state index contributed by atoms with van der Waals surface area (Å²) in [5.74, 6) is 1.09. The van der Waals surface area contributed by atoms with Crippen molar-refractivity contribution in [3.05, 3.63) is 88.4 Å². The minimum absolute atomic E-state index is 0.180. The molecular weight excluding hydrogens is 463 g/mol. The molecule has 5 aromatic rings. The van der Waals surface area contributed by atoms with E-state index in [1.165, 1.54) is 12.1 Å². The van der Waals surface area contributed by atoms with Gasteiger partial charge in [-0.3, -0.25) is 4.79 Å². The Kier molecular flexibility index (Phi) is 5.61. The number of nitrogens with zero attached hydrogens (tertiary/aromatic N) is 4. The largest absolute Gasteiger partial charge is 0.490 e. The van der Waals surface area contributed by atoms with Crippen LogP contribution in [0.4, 0.5) is 4.39 Å². The van der Waals surface area contributed by atoms with Crippen LogP contribution in [-0.4, -0.2) is 39.5 Å². The number of hydrogen-bond donors (Lipinski definition) is 0. The minimum Gasteiger partial charge on any atom is -0.490 e. The molecule has 0 spiro atoms. The highest BCUT2D eigenvalue weighted by atomic mass is 19.1. The van der Waals surface area contributed by atoms with E-state index in [2.05, 4.69) is 4.98 Å². The quantitative estimate of drug-likeness (QED) is 0.370. The van der Waals surface area contributed by atoms with Crippen LogP contribution in [0.15, 0.2) is 65.7 Å². The molecule has 9 heteroatoms. The molecule has 1 aliphatic heterocycles. The first kappa shape index (κ1) is 22.2. The molecule has 4 heterocycles. The first-order valence-electron chi connectivity index (χ1n) is 11.7. The predicted molar refractivity (Wildman–Crippen MR) is 132 cm³/mol. The summed E-state index contributed by atoms with van der Waals surface area (Å²) in [4.78, 5) is 18.0. The van der Waals surface area contributed by atoms with Crippen LogP contribution in [0.25, 0.3) is 27.7 Å². The lowest BCUT2D eigenvalue weighted by Gasteiger charge is -2.11. The van der Waals surface area contributed by atoms with Gasteiger partial charge in [0, 0.05) is 25.9 Å². The number of aromatic nitrogens is 4. The number of ether oxygens (including phenoxy) is 3. The predicted octanol–water partition coefficient (Wildman–Crippen LogP) is 4.21. The first-order chi connectivity index (χ1) is 17.6. The summed E-state index contributed by atoms with van der Waals surface area (Å²) in [5.41, 5.74) is 4.12. The van der Waals surface area contributed by atoms with Crippen LogP contribution in [0.2, 0.25) is 0 Å². The van der Waals surface area contributed by atoms with Crippen LogP contribution in [-0.2, 0) is 17.9 Å². The molecule has 0 amide bonds. The van der Waals surface area contributed by atoms with E-state index in [1.54, 1.807) is 40.7 Å². The molecule has 0 saturated carbocycles. The zero-order valence-corrected chi connectivity index (χ0v) is 19.6. The topological polar surface area (TPSA) is 79.9 Å². The van der Waals surface area contributed by atoms with Gasteiger partial charge in [0.2, 0.25) is 0 Å². The molecule has 2 aromatic carbocycles. The lowest BCUT2D eigenvalue weighted by Crippen LogP contribution is -2.21. The van der Waals surface area contributed by atoms with E-state index in [9.17, 15) is 9.18 Å². The number of fused-ring (bicyclic) bond motifs is 4. The molecule has 1 aliphatic rings. The smallest absolute Gasteiger partial charge is 0.261 e. The van der Waals surface area contributed by atoms with Crippen molar-refractivity contribution in [3.8, 4) is 22.6 Å². The van der Waals surface area contributed by atoms with E-state index in [1.807, 2.05) is 24.3 Å². The lowest BCUT2D eigenvalue weighted by atomic mass is 10.1. The number of benzene rings is 2. The van der Waals surface area contributed by atoms with Crippen LogP contribution in [0.5, 0.6) is 11.5 Å². The van der Waals surface area contributed by atoms with E-state index < -0.39 is 0 Å². The Morgan fingerprint density at radius 3 is 2.67 bits per heavy atom. The van der Waals surface area contributed by atoms with Crippen molar-refractivity contribution in [2.24, 2.45) is 0 Å². The van der Waals surface area contributed by atoms with Gasteiger partial charge in [-0.05, 0) is 41.5 Å². The molecule has 0 N–H and O–H groups in total. The average Bonchev–Trinajstić information content (AvgIpc) is 3.09. The van der Waals surface area contributed by atoms with Crippen LogP contribution in [0.3, 0.4) is 0 Å². The number of halogens is 1. The molecule has 36 heavy (non-hydrogen) atoms. The first-order valence-corrected chi connectivity index (χ1v) is 11.7. The van der Waals surface area contributed by atoms with E-state index in [4.69, 9.17) is 19.3 Å². The van der Waals surface area contributed by atoms with Crippen molar-refractivity contribution in [3.63, 3.8) is 0 Å². The van der Waals surface area contributed by atoms with E-state index in [-0.39, 0.29) is 18.0 Å². The van der Waals surface area contributed by atoms with Gasteiger partial charge in [0.25, 0.3) is 5.56 Å². The standard InChI is InChI=1S/C27H23FN4O4/c1-34-16-21-25(18-4-6-19(28)7-5-18)26-29-14-20-22(32(26)30-21)9-10-31(27(20)33)15-17-3-8-23-24(13-17)36-12-2-11-35-23/h3-10,13-14H,2,11-12,15-16H2,1H3. The molecule has 0 fully saturated rings. The molecule has 0 aliphatic carbocycles. The molecule has 3 aromatic heterocycles. The van der Waals surface area contributed by atoms with Gasteiger partial charge in [0.05, 0.1) is 48.5 Å². The van der Waals surface area contributed by atoms with Crippen LogP contribution in [0.1, 0.15) is 17.7 Å². The number of methoxy groups -OCH3 is 1. The van der Waals surface area contributed by atoms with Gasteiger partial charge in [0.15, 0.2) is 17.1 Å². The van der Waals surface area contributed by atoms with Crippen LogP contribution in [0, 0.1) is 5.82 Å². The van der Waals surface area contributed by atoms with Crippen molar-refractivity contribution in [1.82, 2.24) is 19.2 Å². The third kappa shape index (κ3) is 3.87. The number of rotatable bonds is 5. The maximum atomic E-state index is 13.5. The minimum atomic E-state index is -0.323. The highest BCUT2D eigenvalue weighted by Gasteiger charge is 2.19. The van der Waals surface area contributed by atoms with E-state index in [0.717, 1.165) is 28.9 Å². The fourth-order valence-corrected chi connectivity index (χ4v) is 4.53. The fourth-order valence-electron chi connectivity index (χ4n) is 4.53. The van der Waals surface area contributed by atoms with Gasteiger partial charge in [0.1, 0.15) is 5.82 Å². The van der Waals surface area contributed by atoms with Crippen molar-refractivity contribution in [2.45, 2.75) is 19.6 Å². The Bertz CT molecular complexity index is 1640. The summed E-state index contributed by atoms with van der Waals surface area (Å²) in [6.07, 6.45) is 4.16. The van der Waals surface area contributed by atoms with Gasteiger partial charge < -0.3 is 18.8 Å². The summed E-state index contributed by atoms with van der Waals surface area (Å²) in [5, 5.41) is 5.14. The Hall–Kier alpha value is -4.24. The molecule has 6 rings (SSSR count). The van der Waals surface area contributed by atoms with Gasteiger partial charge in [-0.2, -0.15) is 5.10 Å². The molecule has 8 nitrogen and oxygen atoms in total. The van der Waals surface area contributed by atoms with Crippen LogP contribution < -0.4 is 15.0 Å². The number of hydrogen-bond acceptors (Lipinski definition) is 6.